The minimum Gasteiger partial charge on any atom is -0.379 e. The Balaban J connectivity index is 1.75. The highest BCUT2D eigenvalue weighted by atomic mass is 32.2. The fourth-order valence-corrected chi connectivity index (χ4v) is 5.52. The van der Waals surface area contributed by atoms with Gasteiger partial charge >= 0.3 is 5.69 Å². The molecule has 1 aliphatic rings. The zero-order valence-electron chi connectivity index (χ0n) is 18.3. The molecule has 0 radical (unpaired) electrons. The molecule has 4 rings (SSSR count). The first-order valence-corrected chi connectivity index (χ1v) is 11.9. The van der Waals surface area contributed by atoms with Crippen molar-refractivity contribution < 1.29 is 18.1 Å². The molecular formula is C20H26N6O5S. The summed E-state index contributed by atoms with van der Waals surface area (Å²) in [6.07, 6.45) is 0.851. The van der Waals surface area contributed by atoms with Crippen molar-refractivity contribution in [3.05, 3.63) is 45.5 Å². The highest BCUT2D eigenvalue weighted by Gasteiger charge is 2.27. The number of imidazole rings is 1. The summed E-state index contributed by atoms with van der Waals surface area (Å²) in [5.41, 5.74) is 2.20. The largest absolute Gasteiger partial charge is 0.379 e. The Bertz CT molecular complexity index is 1270. The van der Waals surface area contributed by atoms with Crippen molar-refractivity contribution in [1.29, 1.82) is 0 Å². The van der Waals surface area contributed by atoms with Gasteiger partial charge in [0.15, 0.2) is 0 Å². The second kappa shape index (κ2) is 8.60. The topological polar surface area (TPSA) is 125 Å². The molecule has 0 saturated carbocycles. The summed E-state index contributed by atoms with van der Waals surface area (Å²) in [5, 5.41) is 15.7. The molecule has 1 fully saturated rings. The second-order valence-electron chi connectivity index (χ2n) is 7.78. The Morgan fingerprint density at radius 3 is 2.56 bits per heavy atom. The normalized spacial score (nSPS) is 15.5. The summed E-state index contributed by atoms with van der Waals surface area (Å²) < 4.78 is 36.4. The van der Waals surface area contributed by atoms with Gasteiger partial charge in [-0.05, 0) is 38.5 Å². The van der Waals surface area contributed by atoms with Crippen LogP contribution in [0.1, 0.15) is 30.6 Å². The number of rotatable bonds is 7. The van der Waals surface area contributed by atoms with E-state index in [-0.39, 0.29) is 17.1 Å². The van der Waals surface area contributed by atoms with Crippen molar-refractivity contribution in [1.82, 2.24) is 23.6 Å². The van der Waals surface area contributed by atoms with Crippen LogP contribution in [0.2, 0.25) is 0 Å². The molecule has 0 bridgehead atoms. The minimum absolute atomic E-state index is 0.00189. The molecule has 1 aromatic carbocycles. The monoisotopic (exact) mass is 462 g/mol. The van der Waals surface area contributed by atoms with E-state index >= 15 is 0 Å². The molecule has 3 aromatic rings. The van der Waals surface area contributed by atoms with Crippen molar-refractivity contribution in [2.24, 2.45) is 0 Å². The van der Waals surface area contributed by atoms with E-state index in [1.165, 1.54) is 4.31 Å². The number of nitrogens with zero attached hydrogens (tertiary/aromatic N) is 6. The summed E-state index contributed by atoms with van der Waals surface area (Å²) in [7, 11) is -3.64. The van der Waals surface area contributed by atoms with Crippen LogP contribution in [0, 0.1) is 24.0 Å². The smallest absolute Gasteiger partial charge is 0.312 e. The Morgan fingerprint density at radius 2 is 1.94 bits per heavy atom. The van der Waals surface area contributed by atoms with Crippen LogP contribution >= 0.6 is 0 Å². The summed E-state index contributed by atoms with van der Waals surface area (Å²) in [6.45, 7) is 7.66. The second-order valence-corrected chi connectivity index (χ2v) is 9.72. The van der Waals surface area contributed by atoms with Gasteiger partial charge in [0.05, 0.1) is 40.6 Å². The first-order valence-electron chi connectivity index (χ1n) is 10.5. The Kier molecular flexibility index (Phi) is 6.01. The van der Waals surface area contributed by atoms with Gasteiger partial charge < -0.3 is 9.30 Å². The first-order chi connectivity index (χ1) is 15.2. The van der Waals surface area contributed by atoms with Crippen molar-refractivity contribution in [3.63, 3.8) is 0 Å². The molecule has 0 atom stereocenters. The fourth-order valence-electron chi connectivity index (χ4n) is 4.09. The zero-order valence-corrected chi connectivity index (χ0v) is 19.1. The van der Waals surface area contributed by atoms with E-state index < -0.39 is 14.9 Å². The number of morpholine rings is 1. The molecule has 12 heteroatoms. The number of ether oxygens (including phenoxy) is 1. The van der Waals surface area contributed by atoms with Crippen molar-refractivity contribution in [2.45, 2.75) is 45.2 Å². The molecule has 172 valence electrons. The lowest BCUT2D eigenvalue weighted by Crippen LogP contribution is -2.40. The van der Waals surface area contributed by atoms with Crippen molar-refractivity contribution in [2.75, 3.05) is 26.3 Å². The molecule has 0 amide bonds. The predicted molar refractivity (Wildman–Crippen MR) is 117 cm³/mol. The molecule has 2 aromatic heterocycles. The lowest BCUT2D eigenvalue weighted by atomic mass is 10.3. The Morgan fingerprint density at radius 1 is 1.22 bits per heavy atom. The molecule has 0 spiro atoms. The van der Waals surface area contributed by atoms with Crippen molar-refractivity contribution >= 4 is 26.7 Å². The fraction of sp³-hybridized carbons (Fsp3) is 0.500. The van der Waals surface area contributed by atoms with Gasteiger partial charge in [-0.1, -0.05) is 6.92 Å². The van der Waals surface area contributed by atoms with Crippen LogP contribution in [0.5, 0.6) is 0 Å². The lowest BCUT2D eigenvalue weighted by Gasteiger charge is -2.26. The molecule has 32 heavy (non-hydrogen) atoms. The van der Waals surface area contributed by atoms with Crippen LogP contribution in [0.25, 0.3) is 11.0 Å². The SMILES string of the molecule is CCCn1c(Cn2nc(C)c([N+](=O)[O-])c2C)nc2cc(S(=O)(=O)N3CCOCC3)ccc21. The lowest BCUT2D eigenvalue weighted by molar-refractivity contribution is -0.386. The van der Waals surface area contributed by atoms with Gasteiger partial charge in [0.2, 0.25) is 10.0 Å². The molecule has 0 N–H and O–H groups in total. The molecular weight excluding hydrogens is 436 g/mol. The van der Waals surface area contributed by atoms with E-state index in [2.05, 4.69) is 5.10 Å². The summed E-state index contributed by atoms with van der Waals surface area (Å²) in [5.74, 6) is 0.670. The molecule has 1 aliphatic heterocycles. The Labute approximate surface area is 185 Å². The Hall–Kier alpha value is -2.83. The van der Waals surface area contributed by atoms with E-state index in [1.54, 1.807) is 36.7 Å². The number of benzene rings is 1. The van der Waals surface area contributed by atoms with Gasteiger partial charge in [0.1, 0.15) is 17.2 Å². The van der Waals surface area contributed by atoms with E-state index in [9.17, 15) is 18.5 Å². The summed E-state index contributed by atoms with van der Waals surface area (Å²) >= 11 is 0. The number of fused-ring (bicyclic) bond motifs is 1. The van der Waals surface area contributed by atoms with Crippen LogP contribution in [-0.2, 0) is 27.8 Å². The molecule has 1 saturated heterocycles. The number of aryl methyl sites for hydroxylation is 2. The van der Waals surface area contributed by atoms with E-state index in [4.69, 9.17) is 9.72 Å². The number of aromatic nitrogens is 4. The maximum Gasteiger partial charge on any atom is 0.312 e. The third kappa shape index (κ3) is 3.89. The van der Waals surface area contributed by atoms with Crippen LogP contribution < -0.4 is 0 Å². The maximum atomic E-state index is 13.0. The van der Waals surface area contributed by atoms with Gasteiger partial charge in [-0.2, -0.15) is 9.40 Å². The van der Waals surface area contributed by atoms with Crippen molar-refractivity contribution in [3.8, 4) is 0 Å². The predicted octanol–water partition coefficient (Wildman–Crippen LogP) is 2.24. The highest BCUT2D eigenvalue weighted by molar-refractivity contribution is 7.89. The molecule has 0 aliphatic carbocycles. The summed E-state index contributed by atoms with van der Waals surface area (Å²) in [6, 6.07) is 4.98. The van der Waals surface area contributed by atoms with Crippen LogP contribution in [0.4, 0.5) is 5.69 Å². The van der Waals surface area contributed by atoms with Gasteiger partial charge in [0.25, 0.3) is 0 Å². The minimum atomic E-state index is -3.64. The van der Waals surface area contributed by atoms with E-state index in [1.807, 2.05) is 11.5 Å². The molecule has 3 heterocycles. The third-order valence-corrected chi connectivity index (χ3v) is 7.57. The standard InChI is InChI=1S/C20H26N6O5S/c1-4-7-24-18-6-5-16(32(29,30)23-8-10-31-11-9-23)12-17(18)21-19(24)13-25-15(3)20(26(27)28)14(2)22-25/h5-6,12H,4,7-11,13H2,1-3H3. The number of sulfonamides is 1. The highest BCUT2D eigenvalue weighted by Crippen LogP contribution is 2.26. The number of hydrogen-bond donors (Lipinski definition) is 0. The number of hydrogen-bond acceptors (Lipinski definition) is 7. The van der Waals surface area contributed by atoms with Gasteiger partial charge in [-0.15, -0.1) is 0 Å². The van der Waals surface area contributed by atoms with E-state index in [0.717, 1.165) is 11.9 Å². The van der Waals surface area contributed by atoms with Gasteiger partial charge in [-0.25, -0.2) is 13.4 Å². The maximum absolute atomic E-state index is 13.0. The van der Waals surface area contributed by atoms with Gasteiger partial charge in [-0.3, -0.25) is 14.8 Å². The van der Waals surface area contributed by atoms with Crippen LogP contribution in [0.3, 0.4) is 0 Å². The van der Waals surface area contributed by atoms with Crippen LogP contribution in [-0.4, -0.2) is 63.3 Å². The number of nitro groups is 1. The molecule has 0 unspecified atom stereocenters. The zero-order chi connectivity index (χ0) is 23.0. The summed E-state index contributed by atoms with van der Waals surface area (Å²) in [4.78, 5) is 15.8. The quantitative estimate of drug-likeness (QED) is 0.389. The van der Waals surface area contributed by atoms with Crippen LogP contribution in [0.15, 0.2) is 23.1 Å². The first kappa shape index (κ1) is 22.4. The average Bonchev–Trinajstić information content (AvgIpc) is 3.24. The molecule has 11 nitrogen and oxygen atoms in total. The average molecular weight is 463 g/mol. The third-order valence-electron chi connectivity index (χ3n) is 5.67. The van der Waals surface area contributed by atoms with E-state index in [0.29, 0.717) is 55.6 Å². The van der Waals surface area contributed by atoms with Gasteiger partial charge in [0, 0.05) is 19.6 Å².